The van der Waals surface area contributed by atoms with Crippen LogP contribution in [0.25, 0.3) is 10.8 Å². The van der Waals surface area contributed by atoms with Crippen molar-refractivity contribution < 1.29 is 4.74 Å². The molecule has 0 saturated carbocycles. The van der Waals surface area contributed by atoms with Crippen LogP contribution in [0.15, 0.2) is 66.7 Å². The molecule has 2 N–H and O–H groups in total. The van der Waals surface area contributed by atoms with E-state index >= 15 is 0 Å². The highest BCUT2D eigenvalue weighted by Gasteiger charge is 2.10. The predicted molar refractivity (Wildman–Crippen MR) is 97.0 cm³/mol. The van der Waals surface area contributed by atoms with Crippen LogP contribution in [0.2, 0.25) is 0 Å². The SMILES string of the molecule is Cc1ccc(C(CN)CCOc2cccc3ccccc23)cc1. The van der Waals surface area contributed by atoms with Gasteiger partial charge in [0.05, 0.1) is 6.61 Å². The van der Waals surface area contributed by atoms with Gasteiger partial charge in [-0.1, -0.05) is 66.2 Å². The van der Waals surface area contributed by atoms with Crippen molar-refractivity contribution in [2.45, 2.75) is 19.3 Å². The zero-order valence-corrected chi connectivity index (χ0v) is 13.5. The zero-order valence-electron chi connectivity index (χ0n) is 13.5. The molecule has 0 aliphatic rings. The molecule has 0 radical (unpaired) electrons. The number of fused-ring (bicyclic) bond motifs is 1. The number of aryl methyl sites for hydroxylation is 1. The van der Waals surface area contributed by atoms with E-state index < -0.39 is 0 Å². The van der Waals surface area contributed by atoms with Crippen LogP contribution in [0.3, 0.4) is 0 Å². The van der Waals surface area contributed by atoms with Crippen molar-refractivity contribution >= 4 is 10.8 Å². The van der Waals surface area contributed by atoms with Crippen molar-refractivity contribution in [2.75, 3.05) is 13.2 Å². The number of hydrogen-bond acceptors (Lipinski definition) is 2. The maximum absolute atomic E-state index is 6.04. The zero-order chi connectivity index (χ0) is 16.1. The third-order valence-electron chi connectivity index (χ3n) is 4.31. The van der Waals surface area contributed by atoms with Gasteiger partial charge in [-0.05, 0) is 42.8 Å². The summed E-state index contributed by atoms with van der Waals surface area (Å²) in [6.07, 6.45) is 0.919. The summed E-state index contributed by atoms with van der Waals surface area (Å²) in [7, 11) is 0. The van der Waals surface area contributed by atoms with Gasteiger partial charge in [0.25, 0.3) is 0 Å². The molecule has 0 aromatic heterocycles. The van der Waals surface area contributed by atoms with Crippen LogP contribution in [0.4, 0.5) is 0 Å². The molecule has 0 spiro atoms. The van der Waals surface area contributed by atoms with Crippen LogP contribution in [0.5, 0.6) is 5.75 Å². The molecule has 0 amide bonds. The van der Waals surface area contributed by atoms with Crippen molar-refractivity contribution in [3.05, 3.63) is 77.9 Å². The Kier molecular flexibility index (Phi) is 4.94. The molecule has 2 heteroatoms. The van der Waals surface area contributed by atoms with Gasteiger partial charge in [-0.15, -0.1) is 0 Å². The van der Waals surface area contributed by atoms with Crippen LogP contribution in [-0.2, 0) is 0 Å². The van der Waals surface area contributed by atoms with Crippen LogP contribution in [0.1, 0.15) is 23.5 Å². The van der Waals surface area contributed by atoms with Crippen molar-refractivity contribution in [1.82, 2.24) is 0 Å². The van der Waals surface area contributed by atoms with Gasteiger partial charge in [0.1, 0.15) is 5.75 Å². The summed E-state index contributed by atoms with van der Waals surface area (Å²) >= 11 is 0. The molecule has 0 saturated heterocycles. The van der Waals surface area contributed by atoms with E-state index in [1.54, 1.807) is 0 Å². The lowest BCUT2D eigenvalue weighted by atomic mass is 9.95. The molecule has 3 aromatic carbocycles. The average Bonchev–Trinajstić information content (AvgIpc) is 2.60. The van der Waals surface area contributed by atoms with Crippen molar-refractivity contribution in [3.63, 3.8) is 0 Å². The van der Waals surface area contributed by atoms with Gasteiger partial charge >= 0.3 is 0 Å². The van der Waals surface area contributed by atoms with E-state index in [4.69, 9.17) is 10.5 Å². The number of nitrogens with two attached hydrogens (primary N) is 1. The standard InChI is InChI=1S/C21H23NO/c1-16-9-11-17(12-10-16)19(15-22)13-14-23-21-8-4-6-18-5-2-3-7-20(18)21/h2-12,19H,13-15,22H2,1H3. The molecule has 3 rings (SSSR count). The second-order valence-electron chi connectivity index (χ2n) is 5.96. The van der Waals surface area contributed by atoms with E-state index in [0.717, 1.165) is 17.6 Å². The first-order chi connectivity index (χ1) is 11.3. The van der Waals surface area contributed by atoms with Crippen molar-refractivity contribution in [3.8, 4) is 5.75 Å². The Morgan fingerprint density at radius 3 is 2.43 bits per heavy atom. The smallest absolute Gasteiger partial charge is 0.127 e. The Morgan fingerprint density at radius 2 is 1.65 bits per heavy atom. The number of ether oxygens (including phenoxy) is 1. The fourth-order valence-electron chi connectivity index (χ4n) is 2.89. The van der Waals surface area contributed by atoms with E-state index in [2.05, 4.69) is 49.4 Å². The summed E-state index contributed by atoms with van der Waals surface area (Å²) < 4.78 is 6.04. The first-order valence-corrected chi connectivity index (χ1v) is 8.15. The van der Waals surface area contributed by atoms with E-state index in [0.29, 0.717) is 19.1 Å². The molecule has 0 heterocycles. The predicted octanol–water partition coefficient (Wildman–Crippen LogP) is 4.66. The van der Waals surface area contributed by atoms with Gasteiger partial charge in [0.2, 0.25) is 0 Å². The fourth-order valence-corrected chi connectivity index (χ4v) is 2.89. The molecule has 0 aliphatic heterocycles. The lowest BCUT2D eigenvalue weighted by Gasteiger charge is -2.16. The van der Waals surface area contributed by atoms with Gasteiger partial charge in [-0.25, -0.2) is 0 Å². The Balaban J connectivity index is 1.66. The molecule has 0 bridgehead atoms. The van der Waals surface area contributed by atoms with Gasteiger partial charge < -0.3 is 10.5 Å². The molecule has 0 fully saturated rings. The molecule has 2 nitrogen and oxygen atoms in total. The Labute approximate surface area is 137 Å². The summed E-state index contributed by atoms with van der Waals surface area (Å²) in [5.41, 5.74) is 8.52. The monoisotopic (exact) mass is 305 g/mol. The highest BCUT2D eigenvalue weighted by molar-refractivity contribution is 5.88. The summed E-state index contributed by atoms with van der Waals surface area (Å²) in [4.78, 5) is 0. The molecule has 23 heavy (non-hydrogen) atoms. The summed E-state index contributed by atoms with van der Waals surface area (Å²) in [6.45, 7) is 3.41. The highest BCUT2D eigenvalue weighted by atomic mass is 16.5. The van der Waals surface area contributed by atoms with Crippen LogP contribution in [0, 0.1) is 6.92 Å². The molecule has 118 valence electrons. The molecular formula is C21H23NO. The minimum atomic E-state index is 0.338. The summed E-state index contributed by atoms with van der Waals surface area (Å²) in [5, 5.41) is 2.37. The molecule has 1 atom stereocenters. The Hall–Kier alpha value is -2.32. The maximum Gasteiger partial charge on any atom is 0.127 e. The fraction of sp³-hybridized carbons (Fsp3) is 0.238. The van der Waals surface area contributed by atoms with Crippen molar-refractivity contribution in [1.29, 1.82) is 0 Å². The number of rotatable bonds is 6. The Morgan fingerprint density at radius 1 is 0.913 bits per heavy atom. The third-order valence-corrected chi connectivity index (χ3v) is 4.31. The van der Waals surface area contributed by atoms with E-state index in [9.17, 15) is 0 Å². The topological polar surface area (TPSA) is 35.2 Å². The maximum atomic E-state index is 6.04. The summed E-state index contributed by atoms with van der Waals surface area (Å²) in [6, 6.07) is 23.1. The van der Waals surface area contributed by atoms with E-state index in [1.807, 2.05) is 24.3 Å². The average molecular weight is 305 g/mol. The number of hydrogen-bond donors (Lipinski definition) is 1. The third kappa shape index (κ3) is 3.72. The first-order valence-electron chi connectivity index (χ1n) is 8.15. The molecule has 3 aromatic rings. The normalized spacial score (nSPS) is 12.3. The van der Waals surface area contributed by atoms with Gasteiger partial charge in [-0.2, -0.15) is 0 Å². The van der Waals surface area contributed by atoms with Gasteiger partial charge in [-0.3, -0.25) is 0 Å². The van der Waals surface area contributed by atoms with E-state index in [-0.39, 0.29) is 0 Å². The van der Waals surface area contributed by atoms with Crippen molar-refractivity contribution in [2.24, 2.45) is 5.73 Å². The van der Waals surface area contributed by atoms with Gasteiger partial charge in [0, 0.05) is 5.39 Å². The minimum Gasteiger partial charge on any atom is -0.493 e. The second kappa shape index (κ2) is 7.30. The number of benzene rings is 3. The molecule has 1 unspecified atom stereocenters. The van der Waals surface area contributed by atoms with Crippen LogP contribution < -0.4 is 10.5 Å². The first kappa shape index (κ1) is 15.6. The largest absolute Gasteiger partial charge is 0.493 e. The summed E-state index contributed by atoms with van der Waals surface area (Å²) in [5.74, 6) is 1.29. The quantitative estimate of drug-likeness (QED) is 0.719. The lowest BCUT2D eigenvalue weighted by molar-refractivity contribution is 0.301. The van der Waals surface area contributed by atoms with Gasteiger partial charge in [0.15, 0.2) is 0 Å². The Bertz CT molecular complexity index is 759. The lowest BCUT2D eigenvalue weighted by Crippen LogP contribution is -2.15. The molecule has 0 aliphatic carbocycles. The van der Waals surface area contributed by atoms with Crippen LogP contribution in [-0.4, -0.2) is 13.2 Å². The van der Waals surface area contributed by atoms with Crippen LogP contribution >= 0.6 is 0 Å². The second-order valence-corrected chi connectivity index (χ2v) is 5.96. The highest BCUT2D eigenvalue weighted by Crippen LogP contribution is 2.26. The van der Waals surface area contributed by atoms with E-state index in [1.165, 1.54) is 16.5 Å². The molecular weight excluding hydrogens is 282 g/mol. The minimum absolute atomic E-state index is 0.338.